The van der Waals surface area contributed by atoms with E-state index in [1.54, 1.807) is 0 Å². The monoisotopic (exact) mass is 262 g/mol. The van der Waals surface area contributed by atoms with Gasteiger partial charge in [0, 0.05) is 13.2 Å². The molecule has 0 unspecified atom stereocenters. The van der Waals surface area contributed by atoms with Crippen molar-refractivity contribution in [2.24, 2.45) is 7.05 Å². The lowest BCUT2D eigenvalue weighted by Gasteiger charge is -2.23. The van der Waals surface area contributed by atoms with Gasteiger partial charge >= 0.3 is 0 Å². The number of anilines is 1. The van der Waals surface area contributed by atoms with Crippen molar-refractivity contribution >= 4 is 35.0 Å². The van der Waals surface area contributed by atoms with E-state index in [0.29, 0.717) is 4.32 Å². The molecule has 0 saturated heterocycles. The molecule has 0 radical (unpaired) electrons. The summed E-state index contributed by atoms with van der Waals surface area (Å²) in [5.41, 5.74) is 1.21. The van der Waals surface area contributed by atoms with Crippen molar-refractivity contribution < 1.29 is 0 Å². The molecular weight excluding hydrogens is 248 g/mol. The molecule has 0 fully saturated rings. The SMILES string of the molecule is Cn1cccc1N(Cc1ccccc1)C(=S)S. The van der Waals surface area contributed by atoms with Crippen LogP contribution in [0.1, 0.15) is 5.56 Å². The average molecular weight is 262 g/mol. The minimum Gasteiger partial charge on any atom is -0.337 e. The Labute approximate surface area is 112 Å². The summed E-state index contributed by atoms with van der Waals surface area (Å²) >= 11 is 9.50. The van der Waals surface area contributed by atoms with Crippen LogP contribution in [0, 0.1) is 0 Å². The first kappa shape index (κ1) is 12.2. The largest absolute Gasteiger partial charge is 0.337 e. The van der Waals surface area contributed by atoms with Crippen LogP contribution >= 0.6 is 24.8 Å². The first-order valence-electron chi connectivity index (χ1n) is 5.34. The summed E-state index contributed by atoms with van der Waals surface area (Å²) in [6, 6.07) is 14.3. The molecule has 1 aromatic heterocycles. The fraction of sp³-hybridized carbons (Fsp3) is 0.154. The Bertz CT molecular complexity index is 505. The van der Waals surface area contributed by atoms with Crippen molar-refractivity contribution in [3.05, 3.63) is 54.2 Å². The van der Waals surface area contributed by atoms with Crippen LogP contribution in [0.15, 0.2) is 48.7 Å². The maximum absolute atomic E-state index is 5.20. The fourth-order valence-corrected chi connectivity index (χ4v) is 2.08. The zero-order valence-corrected chi connectivity index (χ0v) is 11.3. The van der Waals surface area contributed by atoms with Gasteiger partial charge in [-0.25, -0.2) is 0 Å². The first-order chi connectivity index (χ1) is 8.18. The molecule has 1 heterocycles. The third kappa shape index (κ3) is 2.90. The highest BCUT2D eigenvalue weighted by Gasteiger charge is 2.12. The molecule has 0 saturated carbocycles. The van der Waals surface area contributed by atoms with Gasteiger partial charge in [-0.3, -0.25) is 0 Å². The highest BCUT2D eigenvalue weighted by molar-refractivity contribution is 8.11. The second-order valence-electron chi connectivity index (χ2n) is 3.83. The van der Waals surface area contributed by atoms with Gasteiger partial charge in [0.2, 0.25) is 0 Å². The number of thiol groups is 1. The molecule has 0 spiro atoms. The summed E-state index contributed by atoms with van der Waals surface area (Å²) in [4.78, 5) is 2.01. The van der Waals surface area contributed by atoms with Crippen LogP contribution < -0.4 is 4.90 Å². The first-order valence-corrected chi connectivity index (χ1v) is 6.20. The number of hydrogen-bond donors (Lipinski definition) is 1. The van der Waals surface area contributed by atoms with Crippen LogP contribution in [-0.4, -0.2) is 8.89 Å². The van der Waals surface area contributed by atoms with Crippen molar-refractivity contribution in [2.45, 2.75) is 6.54 Å². The molecule has 2 nitrogen and oxygen atoms in total. The van der Waals surface area contributed by atoms with Gasteiger partial charge in [0.25, 0.3) is 0 Å². The molecule has 0 bridgehead atoms. The molecule has 0 amide bonds. The number of nitrogens with zero attached hydrogens (tertiary/aromatic N) is 2. The van der Waals surface area contributed by atoms with E-state index in [-0.39, 0.29) is 0 Å². The molecule has 1 aromatic carbocycles. The van der Waals surface area contributed by atoms with Crippen LogP contribution in [-0.2, 0) is 13.6 Å². The Morgan fingerprint density at radius 2 is 1.94 bits per heavy atom. The number of hydrogen-bond acceptors (Lipinski definition) is 1. The standard InChI is InChI=1S/C13H14N2S2/c1-14-9-5-8-12(14)15(13(16)17)10-11-6-3-2-4-7-11/h2-9H,10H2,1H3,(H,16,17). The van der Waals surface area contributed by atoms with Crippen molar-refractivity contribution in [3.8, 4) is 0 Å². The minimum absolute atomic E-state index is 0.579. The molecule has 17 heavy (non-hydrogen) atoms. The Balaban J connectivity index is 2.26. The summed E-state index contributed by atoms with van der Waals surface area (Å²) in [5, 5.41) is 0. The van der Waals surface area contributed by atoms with Crippen LogP contribution in [0.2, 0.25) is 0 Å². The summed E-state index contributed by atoms with van der Waals surface area (Å²) in [6.45, 7) is 0.737. The molecule has 2 aromatic rings. The molecule has 4 heteroatoms. The quantitative estimate of drug-likeness (QED) is 0.671. The molecule has 0 atom stereocenters. The highest BCUT2D eigenvalue weighted by atomic mass is 32.1. The van der Waals surface area contributed by atoms with Crippen LogP contribution in [0.25, 0.3) is 0 Å². The third-order valence-corrected chi connectivity index (χ3v) is 3.07. The zero-order valence-electron chi connectivity index (χ0n) is 9.58. The van der Waals surface area contributed by atoms with E-state index in [2.05, 4.69) is 24.8 Å². The van der Waals surface area contributed by atoms with Gasteiger partial charge in [0.1, 0.15) is 10.1 Å². The predicted molar refractivity (Wildman–Crippen MR) is 79.6 cm³/mol. The van der Waals surface area contributed by atoms with E-state index >= 15 is 0 Å². The van der Waals surface area contributed by atoms with Crippen molar-refractivity contribution in [1.82, 2.24) is 4.57 Å². The average Bonchev–Trinajstić information content (AvgIpc) is 2.73. The maximum Gasteiger partial charge on any atom is 0.139 e. The predicted octanol–water partition coefficient (Wildman–Crippen LogP) is 3.25. The highest BCUT2D eigenvalue weighted by Crippen LogP contribution is 2.19. The lowest BCUT2D eigenvalue weighted by molar-refractivity contribution is 0.874. The van der Waals surface area contributed by atoms with E-state index in [1.165, 1.54) is 5.56 Å². The van der Waals surface area contributed by atoms with Gasteiger partial charge < -0.3 is 9.47 Å². The van der Waals surface area contributed by atoms with E-state index in [9.17, 15) is 0 Å². The molecular formula is C13H14N2S2. The van der Waals surface area contributed by atoms with E-state index in [0.717, 1.165) is 12.4 Å². The Kier molecular flexibility index (Phi) is 3.86. The molecule has 0 aliphatic rings. The molecule has 0 aliphatic carbocycles. The van der Waals surface area contributed by atoms with Crippen LogP contribution in [0.3, 0.4) is 0 Å². The molecule has 0 N–H and O–H groups in total. The van der Waals surface area contributed by atoms with E-state index < -0.39 is 0 Å². The van der Waals surface area contributed by atoms with Gasteiger partial charge in [0.05, 0.1) is 6.54 Å². The van der Waals surface area contributed by atoms with E-state index in [1.807, 2.05) is 53.0 Å². The van der Waals surface area contributed by atoms with Gasteiger partial charge in [0.15, 0.2) is 0 Å². The number of thiocarbonyl (C=S) groups is 1. The number of aryl methyl sites for hydroxylation is 1. The van der Waals surface area contributed by atoms with Crippen LogP contribution in [0.5, 0.6) is 0 Å². The smallest absolute Gasteiger partial charge is 0.139 e. The topological polar surface area (TPSA) is 8.17 Å². The van der Waals surface area contributed by atoms with Gasteiger partial charge in [-0.1, -0.05) is 42.5 Å². The number of benzene rings is 1. The Morgan fingerprint density at radius 1 is 1.24 bits per heavy atom. The molecule has 0 aliphatic heterocycles. The number of rotatable bonds is 3. The third-order valence-electron chi connectivity index (χ3n) is 2.61. The second-order valence-corrected chi connectivity index (χ2v) is 4.94. The fourth-order valence-electron chi connectivity index (χ4n) is 1.75. The summed E-state index contributed by atoms with van der Waals surface area (Å²) in [7, 11) is 2.00. The van der Waals surface area contributed by atoms with Crippen molar-refractivity contribution in [3.63, 3.8) is 0 Å². The number of aromatic nitrogens is 1. The second kappa shape index (κ2) is 5.38. The Hall–Kier alpha value is -1.26. The summed E-state index contributed by atoms with van der Waals surface area (Å²) < 4.78 is 2.61. The molecule has 2 rings (SSSR count). The zero-order chi connectivity index (χ0) is 12.3. The summed E-state index contributed by atoms with van der Waals surface area (Å²) in [6.07, 6.45) is 2.00. The van der Waals surface area contributed by atoms with Crippen molar-refractivity contribution in [1.29, 1.82) is 0 Å². The normalized spacial score (nSPS) is 10.2. The van der Waals surface area contributed by atoms with Crippen molar-refractivity contribution in [2.75, 3.05) is 4.90 Å². The van der Waals surface area contributed by atoms with Gasteiger partial charge in [-0.05, 0) is 17.7 Å². The Morgan fingerprint density at radius 3 is 2.47 bits per heavy atom. The van der Waals surface area contributed by atoms with Gasteiger partial charge in [-0.15, -0.1) is 12.6 Å². The lowest BCUT2D eigenvalue weighted by Crippen LogP contribution is -2.26. The minimum atomic E-state index is 0.579. The van der Waals surface area contributed by atoms with Gasteiger partial charge in [-0.2, -0.15) is 0 Å². The van der Waals surface area contributed by atoms with Crippen LogP contribution in [0.4, 0.5) is 5.82 Å². The van der Waals surface area contributed by atoms with E-state index in [4.69, 9.17) is 12.2 Å². The summed E-state index contributed by atoms with van der Waals surface area (Å²) in [5.74, 6) is 1.05. The maximum atomic E-state index is 5.20. The molecule has 88 valence electrons. The lowest BCUT2D eigenvalue weighted by atomic mass is 10.2.